The number of anilines is 8. The van der Waals surface area contributed by atoms with Crippen LogP contribution < -0.4 is 44.2 Å². The number of aromatic nitrogens is 8. The van der Waals surface area contributed by atoms with Crippen molar-refractivity contribution in [2.45, 2.75) is 124 Å². The zero-order valence-corrected chi connectivity index (χ0v) is 63.4. The van der Waals surface area contributed by atoms with Gasteiger partial charge in [-0.3, -0.25) is 19.2 Å². The highest BCUT2D eigenvalue weighted by Gasteiger charge is 2.18. The predicted octanol–water partition coefficient (Wildman–Crippen LogP) is 17.8. The van der Waals surface area contributed by atoms with E-state index in [0.717, 1.165) is 159 Å². The summed E-state index contributed by atoms with van der Waals surface area (Å²) in [5, 5.41) is 14.0. The minimum absolute atomic E-state index is 0.0252. The van der Waals surface area contributed by atoms with Crippen molar-refractivity contribution >= 4 is 80.4 Å². The van der Waals surface area contributed by atoms with Gasteiger partial charge in [-0.15, -0.1) is 0 Å². The second-order valence-electron chi connectivity index (χ2n) is 26.7. The average molecular weight is 1480 g/mol. The van der Waals surface area contributed by atoms with E-state index in [2.05, 4.69) is 99.2 Å². The first kappa shape index (κ1) is 80.2. The van der Waals surface area contributed by atoms with Gasteiger partial charge in [0.1, 0.15) is 0 Å². The van der Waals surface area contributed by atoms with Crippen molar-refractivity contribution in [2.75, 3.05) is 44.2 Å². The monoisotopic (exact) mass is 1480 g/mol. The standard InChI is InChI=1S/C25H24N4O.C23H26N4O.C22H24N4O.C21H22N4O/c1-2-5-22-25(27-16-23(28-22)19-10-12-21(26)13-11-19)29-24(30)15-17-8-9-18-6-3-4-7-20(18)14-17;1-2-7-20-23(25-16-21(26-20)18-12-14-19(24)15-13-18)27-22(28)11-6-10-17-8-4-3-5-9-17;1-2-6-19-22(26-21(27)14-9-16-7-4-3-5-8-16)24-15-20(25-19)17-10-12-18(23)13-11-17;1-2-6-18-21(25-20(26)13-15-7-4-3-5-8-15)23-14-19(24-18)16-9-11-17(22)12-10-16/h3-4,6-14,16H,2,5,15,26H2,1H3,(H,27,29,30);3-5,8-9,12-16H,2,6-7,10-11,24H2,1H3,(H,25,27,28);3-5,7-8,10-13,15H,2,6,9,14,23H2,1H3,(H,24,26,27);3-5,7-12,14H,2,6,13,22H2,1H3,(H,23,25,26). The first-order valence-corrected chi connectivity index (χ1v) is 37.7. The summed E-state index contributed by atoms with van der Waals surface area (Å²) in [4.78, 5) is 86.5. The molecule has 0 saturated carbocycles. The van der Waals surface area contributed by atoms with Gasteiger partial charge in [0.15, 0.2) is 23.3 Å². The van der Waals surface area contributed by atoms with Gasteiger partial charge in [-0.25, -0.2) is 39.9 Å². The highest BCUT2D eigenvalue weighted by molar-refractivity contribution is 5.94. The Morgan fingerprint density at radius 3 is 0.937 bits per heavy atom. The van der Waals surface area contributed by atoms with Crippen LogP contribution in [0.2, 0.25) is 0 Å². The molecular weight excluding hydrogens is 1380 g/mol. The molecular formula is C91H96N16O4. The number of benzene rings is 9. The minimum Gasteiger partial charge on any atom is -0.399 e. The van der Waals surface area contributed by atoms with E-state index in [4.69, 9.17) is 42.9 Å². The Balaban J connectivity index is 0.000000157. The number of hydrogen-bond donors (Lipinski definition) is 8. The molecule has 0 unspecified atom stereocenters. The quantitative estimate of drug-likeness (QED) is 0.0222. The molecule has 0 atom stereocenters. The lowest BCUT2D eigenvalue weighted by Crippen LogP contribution is -2.17. The Labute approximate surface area is 649 Å². The van der Waals surface area contributed by atoms with Gasteiger partial charge in [0.05, 0.1) is 83.2 Å². The smallest absolute Gasteiger partial charge is 0.229 e. The molecule has 20 heteroatoms. The Morgan fingerprint density at radius 1 is 0.288 bits per heavy atom. The van der Waals surface area contributed by atoms with Gasteiger partial charge in [-0.1, -0.05) is 235 Å². The first-order chi connectivity index (χ1) is 54.1. The number of carbonyl (C=O) groups excluding carboxylic acids is 4. The summed E-state index contributed by atoms with van der Waals surface area (Å²) in [6, 6.07) is 74.2. The van der Waals surface area contributed by atoms with E-state index in [1.165, 1.54) is 5.56 Å². The number of carbonyl (C=O) groups is 4. The molecule has 20 nitrogen and oxygen atoms in total. The third kappa shape index (κ3) is 25.1. The second-order valence-corrected chi connectivity index (χ2v) is 26.7. The van der Waals surface area contributed by atoms with E-state index >= 15 is 0 Å². The van der Waals surface area contributed by atoms with E-state index in [9.17, 15) is 19.2 Å². The summed E-state index contributed by atoms with van der Waals surface area (Å²) in [7, 11) is 0. The summed E-state index contributed by atoms with van der Waals surface area (Å²) in [5.41, 5.74) is 40.3. The van der Waals surface area contributed by atoms with E-state index in [0.29, 0.717) is 71.7 Å². The van der Waals surface area contributed by atoms with Gasteiger partial charge in [-0.2, -0.15) is 0 Å². The number of nitrogens with two attached hydrogens (primary N) is 4. The number of nitrogens with one attached hydrogen (secondary N) is 4. The molecule has 111 heavy (non-hydrogen) atoms. The van der Waals surface area contributed by atoms with Crippen molar-refractivity contribution in [1.82, 2.24) is 39.9 Å². The molecule has 0 aliphatic heterocycles. The largest absolute Gasteiger partial charge is 0.399 e. The second kappa shape index (κ2) is 41.7. The molecule has 13 rings (SSSR count). The van der Waals surface area contributed by atoms with Crippen molar-refractivity contribution in [3.8, 4) is 45.0 Å². The lowest BCUT2D eigenvalue weighted by molar-refractivity contribution is -0.117. The Morgan fingerprint density at radius 2 is 0.586 bits per heavy atom. The molecule has 9 aromatic carbocycles. The van der Waals surface area contributed by atoms with Gasteiger partial charge in [0.25, 0.3) is 0 Å². The normalized spacial score (nSPS) is 10.6. The van der Waals surface area contributed by atoms with Crippen LogP contribution in [0.3, 0.4) is 0 Å². The fraction of sp³-hybridized carbons (Fsp3) is 0.209. The number of nitrogen functional groups attached to an aromatic ring is 4. The zero-order chi connectivity index (χ0) is 78.1. The van der Waals surface area contributed by atoms with E-state index in [-0.39, 0.29) is 30.0 Å². The third-order valence-electron chi connectivity index (χ3n) is 17.8. The molecule has 0 bridgehead atoms. The van der Waals surface area contributed by atoms with E-state index in [1.807, 2.05) is 200 Å². The summed E-state index contributed by atoms with van der Waals surface area (Å²) in [5.74, 6) is 1.91. The maximum Gasteiger partial charge on any atom is 0.229 e. The van der Waals surface area contributed by atoms with Gasteiger partial charge in [0, 0.05) is 57.8 Å². The van der Waals surface area contributed by atoms with Crippen LogP contribution in [0.5, 0.6) is 0 Å². The van der Waals surface area contributed by atoms with Crippen molar-refractivity contribution in [2.24, 2.45) is 0 Å². The number of amides is 4. The topological polar surface area (TPSA) is 324 Å². The van der Waals surface area contributed by atoms with Crippen LogP contribution in [0.4, 0.5) is 46.0 Å². The van der Waals surface area contributed by atoms with Crippen molar-refractivity contribution in [3.63, 3.8) is 0 Å². The van der Waals surface area contributed by atoms with Gasteiger partial charge >= 0.3 is 0 Å². The lowest BCUT2D eigenvalue weighted by Gasteiger charge is -2.11. The molecule has 0 saturated heterocycles. The maximum atomic E-state index is 12.7. The Bertz CT molecular complexity index is 5150. The van der Waals surface area contributed by atoms with Crippen LogP contribution >= 0.6 is 0 Å². The van der Waals surface area contributed by atoms with Crippen molar-refractivity contribution in [3.05, 3.63) is 300 Å². The van der Waals surface area contributed by atoms with E-state index in [1.54, 1.807) is 24.8 Å². The molecule has 4 aromatic heterocycles. The van der Waals surface area contributed by atoms with Gasteiger partial charge < -0.3 is 44.2 Å². The highest BCUT2D eigenvalue weighted by Crippen LogP contribution is 2.28. The number of fused-ring (bicyclic) bond motifs is 1. The number of nitrogens with zero attached hydrogens (tertiary/aromatic N) is 8. The molecule has 4 heterocycles. The lowest BCUT2D eigenvalue weighted by atomic mass is 10.0. The molecule has 0 fully saturated rings. The van der Waals surface area contributed by atoms with Crippen LogP contribution in [0.1, 0.15) is 118 Å². The van der Waals surface area contributed by atoms with Crippen LogP contribution in [0.25, 0.3) is 55.8 Å². The average Bonchev–Trinajstić information content (AvgIpc) is 0.843. The highest BCUT2D eigenvalue weighted by atomic mass is 16.2. The molecule has 0 aliphatic rings. The van der Waals surface area contributed by atoms with E-state index < -0.39 is 0 Å². The van der Waals surface area contributed by atoms with Gasteiger partial charge in [0.2, 0.25) is 23.6 Å². The summed E-state index contributed by atoms with van der Waals surface area (Å²) in [6.07, 6.45) is 17.3. The van der Waals surface area contributed by atoms with Crippen molar-refractivity contribution < 1.29 is 19.2 Å². The fourth-order valence-corrected chi connectivity index (χ4v) is 12.0. The minimum atomic E-state index is -0.0998. The number of hydrogen-bond acceptors (Lipinski definition) is 16. The summed E-state index contributed by atoms with van der Waals surface area (Å²) >= 11 is 0. The number of rotatable bonds is 27. The summed E-state index contributed by atoms with van der Waals surface area (Å²) < 4.78 is 0. The first-order valence-electron chi connectivity index (χ1n) is 37.7. The van der Waals surface area contributed by atoms with Gasteiger partial charge in [-0.05, 0) is 127 Å². The molecule has 13 aromatic rings. The molecule has 12 N–H and O–H groups in total. The third-order valence-corrected chi connectivity index (χ3v) is 17.8. The van der Waals surface area contributed by atoms with Crippen LogP contribution in [0, 0.1) is 0 Å². The molecule has 0 radical (unpaired) electrons. The van der Waals surface area contributed by atoms with Crippen LogP contribution in [-0.4, -0.2) is 63.5 Å². The Hall–Kier alpha value is -13.4. The zero-order valence-electron chi connectivity index (χ0n) is 63.4. The molecule has 0 spiro atoms. The van der Waals surface area contributed by atoms with Crippen LogP contribution in [0.15, 0.2) is 255 Å². The SMILES string of the molecule is CCCc1nc(-c2ccc(N)cc2)cnc1NC(=O)CCCc1ccccc1.CCCc1nc(-c2ccc(N)cc2)cnc1NC(=O)CCc1ccccc1.CCCc1nc(-c2ccc(N)cc2)cnc1NC(=O)Cc1ccc2ccccc2c1.CCCc1nc(-c2ccc(N)cc2)cnc1NC(=O)Cc1ccccc1. The van der Waals surface area contributed by atoms with Crippen molar-refractivity contribution in [1.29, 1.82) is 0 Å². The molecule has 0 aliphatic carbocycles. The molecule has 564 valence electrons. The Kier molecular flexibility index (Phi) is 30.1. The molecule has 4 amide bonds. The number of aryl methyl sites for hydroxylation is 6. The predicted molar refractivity (Wildman–Crippen MR) is 450 cm³/mol. The maximum absolute atomic E-state index is 12.7. The van der Waals surface area contributed by atoms with Crippen LogP contribution in [-0.2, 0) is 70.5 Å². The fourth-order valence-electron chi connectivity index (χ4n) is 12.0. The summed E-state index contributed by atoms with van der Waals surface area (Å²) in [6.45, 7) is 8.33.